The van der Waals surface area contributed by atoms with Gasteiger partial charge >= 0.3 is 0 Å². The fourth-order valence-electron chi connectivity index (χ4n) is 1.75. The topological polar surface area (TPSA) is 26.0 Å². The first-order valence-electron chi connectivity index (χ1n) is 5.12. The first kappa shape index (κ1) is 10.3. The second kappa shape index (κ2) is 4.43. The SMILES string of the molecule is CC.Cc1ccc2c(c1)C(N)CC2. The van der Waals surface area contributed by atoms with Gasteiger partial charge in [0.15, 0.2) is 0 Å². The molecule has 0 aromatic heterocycles. The zero-order chi connectivity index (χ0) is 9.84. The molecule has 0 amide bonds. The van der Waals surface area contributed by atoms with Crippen molar-refractivity contribution in [2.45, 2.75) is 39.7 Å². The average Bonchev–Trinajstić information content (AvgIpc) is 2.52. The van der Waals surface area contributed by atoms with Crippen LogP contribution in [0.2, 0.25) is 0 Å². The number of hydrogen-bond donors (Lipinski definition) is 1. The summed E-state index contributed by atoms with van der Waals surface area (Å²) in [7, 11) is 0. The Bertz CT molecular complexity index is 278. The third-order valence-electron chi connectivity index (χ3n) is 2.43. The molecule has 0 fully saturated rings. The van der Waals surface area contributed by atoms with Crippen molar-refractivity contribution in [2.24, 2.45) is 5.73 Å². The van der Waals surface area contributed by atoms with Gasteiger partial charge in [-0.1, -0.05) is 37.6 Å². The number of nitrogens with two attached hydrogens (primary N) is 1. The van der Waals surface area contributed by atoms with Gasteiger partial charge in [-0.05, 0) is 30.9 Å². The monoisotopic (exact) mass is 177 g/mol. The summed E-state index contributed by atoms with van der Waals surface area (Å²) >= 11 is 0. The van der Waals surface area contributed by atoms with Gasteiger partial charge in [-0.15, -0.1) is 0 Å². The molecule has 2 N–H and O–H groups in total. The minimum atomic E-state index is 0.296. The molecule has 72 valence electrons. The van der Waals surface area contributed by atoms with Crippen LogP contribution in [0.25, 0.3) is 0 Å². The average molecular weight is 177 g/mol. The molecule has 1 aromatic rings. The lowest BCUT2D eigenvalue weighted by molar-refractivity contribution is 0.713. The molecule has 0 aliphatic heterocycles. The molecule has 1 heteroatoms. The van der Waals surface area contributed by atoms with Crippen molar-refractivity contribution in [2.75, 3.05) is 0 Å². The first-order chi connectivity index (χ1) is 6.27. The van der Waals surface area contributed by atoms with Gasteiger partial charge in [-0.2, -0.15) is 0 Å². The van der Waals surface area contributed by atoms with Crippen molar-refractivity contribution in [3.63, 3.8) is 0 Å². The van der Waals surface area contributed by atoms with Crippen molar-refractivity contribution in [1.29, 1.82) is 0 Å². The normalized spacial score (nSPS) is 18.9. The molecular formula is C12H19N. The Hall–Kier alpha value is -0.820. The van der Waals surface area contributed by atoms with Crippen molar-refractivity contribution in [3.8, 4) is 0 Å². The second-order valence-electron chi connectivity index (χ2n) is 3.35. The lowest BCUT2D eigenvalue weighted by Crippen LogP contribution is -2.05. The Morgan fingerprint density at radius 1 is 1.31 bits per heavy atom. The Kier molecular flexibility index (Phi) is 3.49. The van der Waals surface area contributed by atoms with Crippen LogP contribution < -0.4 is 5.73 Å². The maximum atomic E-state index is 5.92. The summed E-state index contributed by atoms with van der Waals surface area (Å²) in [5.74, 6) is 0. The predicted octanol–water partition coefficient (Wildman–Crippen LogP) is 2.97. The number of benzene rings is 1. The Balaban J connectivity index is 0.000000396. The highest BCUT2D eigenvalue weighted by Crippen LogP contribution is 2.29. The molecule has 0 radical (unpaired) electrons. The Labute approximate surface area is 81.0 Å². The third kappa shape index (κ3) is 2.10. The molecule has 0 spiro atoms. The molecule has 13 heavy (non-hydrogen) atoms. The van der Waals surface area contributed by atoms with Crippen molar-refractivity contribution < 1.29 is 0 Å². The highest BCUT2D eigenvalue weighted by molar-refractivity contribution is 5.37. The van der Waals surface area contributed by atoms with E-state index in [1.807, 2.05) is 13.8 Å². The Morgan fingerprint density at radius 3 is 2.69 bits per heavy atom. The summed E-state index contributed by atoms with van der Waals surface area (Å²) in [6.07, 6.45) is 2.29. The van der Waals surface area contributed by atoms with E-state index in [1.165, 1.54) is 16.7 Å². The van der Waals surface area contributed by atoms with Gasteiger partial charge in [-0.25, -0.2) is 0 Å². The molecule has 1 aliphatic carbocycles. The molecule has 0 bridgehead atoms. The van der Waals surface area contributed by atoms with Crippen LogP contribution >= 0.6 is 0 Å². The maximum absolute atomic E-state index is 5.92. The van der Waals surface area contributed by atoms with E-state index in [4.69, 9.17) is 5.73 Å². The summed E-state index contributed by atoms with van der Waals surface area (Å²) < 4.78 is 0. The van der Waals surface area contributed by atoms with Crippen LogP contribution in [0.5, 0.6) is 0 Å². The zero-order valence-corrected chi connectivity index (χ0v) is 8.80. The fraction of sp³-hybridized carbons (Fsp3) is 0.500. The quantitative estimate of drug-likeness (QED) is 0.647. The van der Waals surface area contributed by atoms with Gasteiger partial charge in [0.25, 0.3) is 0 Å². The number of rotatable bonds is 0. The number of fused-ring (bicyclic) bond motifs is 1. The standard InChI is InChI=1S/C10H13N.C2H6/c1-7-2-3-8-4-5-10(11)9(8)6-7;1-2/h2-3,6,10H,4-5,11H2,1H3;1-2H3. The lowest BCUT2D eigenvalue weighted by atomic mass is 10.1. The van der Waals surface area contributed by atoms with Gasteiger partial charge in [0.1, 0.15) is 0 Å². The zero-order valence-electron chi connectivity index (χ0n) is 8.80. The molecule has 2 rings (SSSR count). The maximum Gasteiger partial charge on any atom is 0.0300 e. The summed E-state index contributed by atoms with van der Waals surface area (Å²) in [6.45, 7) is 6.12. The molecule has 0 heterocycles. The first-order valence-corrected chi connectivity index (χ1v) is 5.12. The molecule has 1 atom stereocenters. The molecule has 1 aromatic carbocycles. The third-order valence-corrected chi connectivity index (χ3v) is 2.43. The minimum Gasteiger partial charge on any atom is -0.324 e. The van der Waals surface area contributed by atoms with Crippen LogP contribution in [0.15, 0.2) is 18.2 Å². The highest BCUT2D eigenvalue weighted by atomic mass is 14.6. The highest BCUT2D eigenvalue weighted by Gasteiger charge is 2.17. The second-order valence-corrected chi connectivity index (χ2v) is 3.35. The van der Waals surface area contributed by atoms with Gasteiger partial charge in [0.2, 0.25) is 0 Å². The fourth-order valence-corrected chi connectivity index (χ4v) is 1.75. The summed E-state index contributed by atoms with van der Waals surface area (Å²) in [5.41, 5.74) is 10.0. The number of aryl methyl sites for hydroxylation is 2. The van der Waals surface area contributed by atoms with E-state index in [2.05, 4.69) is 25.1 Å². The predicted molar refractivity (Wildman–Crippen MR) is 57.8 cm³/mol. The summed E-state index contributed by atoms with van der Waals surface area (Å²) in [4.78, 5) is 0. The van der Waals surface area contributed by atoms with Gasteiger partial charge in [0.05, 0.1) is 0 Å². The number of hydrogen-bond acceptors (Lipinski definition) is 1. The molecule has 1 nitrogen and oxygen atoms in total. The van der Waals surface area contributed by atoms with Crippen LogP contribution in [0, 0.1) is 6.92 Å². The van der Waals surface area contributed by atoms with Crippen LogP contribution in [0.3, 0.4) is 0 Å². The van der Waals surface area contributed by atoms with Crippen LogP contribution in [0.4, 0.5) is 0 Å². The molecule has 1 unspecified atom stereocenters. The molecule has 0 saturated carbocycles. The summed E-state index contributed by atoms with van der Waals surface area (Å²) in [5, 5.41) is 0. The van der Waals surface area contributed by atoms with Crippen LogP contribution in [-0.4, -0.2) is 0 Å². The van der Waals surface area contributed by atoms with Crippen molar-refractivity contribution in [1.82, 2.24) is 0 Å². The van der Waals surface area contributed by atoms with E-state index in [9.17, 15) is 0 Å². The summed E-state index contributed by atoms with van der Waals surface area (Å²) in [6, 6.07) is 6.88. The van der Waals surface area contributed by atoms with Crippen LogP contribution in [0.1, 0.15) is 43.0 Å². The van der Waals surface area contributed by atoms with Gasteiger partial charge < -0.3 is 5.73 Å². The molecule has 0 saturated heterocycles. The van der Waals surface area contributed by atoms with E-state index in [0.717, 1.165) is 12.8 Å². The van der Waals surface area contributed by atoms with E-state index in [-0.39, 0.29) is 0 Å². The van der Waals surface area contributed by atoms with Crippen molar-refractivity contribution >= 4 is 0 Å². The van der Waals surface area contributed by atoms with E-state index < -0.39 is 0 Å². The van der Waals surface area contributed by atoms with E-state index in [1.54, 1.807) is 0 Å². The van der Waals surface area contributed by atoms with Crippen molar-refractivity contribution in [3.05, 3.63) is 34.9 Å². The van der Waals surface area contributed by atoms with Gasteiger partial charge in [-0.3, -0.25) is 0 Å². The molecular weight excluding hydrogens is 158 g/mol. The minimum absolute atomic E-state index is 0.296. The largest absolute Gasteiger partial charge is 0.324 e. The Morgan fingerprint density at radius 2 is 2.00 bits per heavy atom. The van der Waals surface area contributed by atoms with Gasteiger partial charge in [0, 0.05) is 6.04 Å². The van der Waals surface area contributed by atoms with Crippen LogP contribution in [-0.2, 0) is 6.42 Å². The van der Waals surface area contributed by atoms with E-state index in [0.29, 0.717) is 6.04 Å². The van der Waals surface area contributed by atoms with E-state index >= 15 is 0 Å². The molecule has 1 aliphatic rings. The lowest BCUT2D eigenvalue weighted by Gasteiger charge is -2.04. The smallest absolute Gasteiger partial charge is 0.0300 e.